The van der Waals surface area contributed by atoms with E-state index in [1.165, 1.54) is 12.1 Å². The number of para-hydroxylation sites is 1. The van der Waals surface area contributed by atoms with Crippen LogP contribution in [0.15, 0.2) is 91.3 Å². The molecule has 2 aromatic heterocycles. The van der Waals surface area contributed by atoms with Crippen molar-refractivity contribution in [2.45, 2.75) is 25.4 Å². The van der Waals surface area contributed by atoms with E-state index in [1.54, 1.807) is 18.3 Å². The molecule has 3 heterocycles. The van der Waals surface area contributed by atoms with Gasteiger partial charge in [-0.1, -0.05) is 24.3 Å². The lowest BCUT2D eigenvalue weighted by molar-refractivity contribution is -0.116. The molecule has 0 spiro atoms. The summed E-state index contributed by atoms with van der Waals surface area (Å²) in [6.45, 7) is 2.50. The molecule has 0 bridgehead atoms. The fraction of sp³-hybridized carbons (Fsp3) is 0.179. The molecule has 1 saturated heterocycles. The molecular weight excluding hydrogens is 473 g/mol. The predicted molar refractivity (Wildman–Crippen MR) is 142 cm³/mol. The van der Waals surface area contributed by atoms with Gasteiger partial charge in [0.05, 0.1) is 17.8 Å². The van der Waals surface area contributed by atoms with Crippen LogP contribution in [0.3, 0.4) is 0 Å². The summed E-state index contributed by atoms with van der Waals surface area (Å²) in [6.07, 6.45) is 4.04. The molecule has 8 heteroatoms. The molecule has 2 atom stereocenters. The van der Waals surface area contributed by atoms with Crippen LogP contribution < -0.4 is 10.6 Å². The quantitative estimate of drug-likeness (QED) is 0.337. The molecule has 1 aliphatic heterocycles. The van der Waals surface area contributed by atoms with Gasteiger partial charge in [-0.05, 0) is 79.3 Å². The van der Waals surface area contributed by atoms with Crippen molar-refractivity contribution >= 4 is 28.9 Å². The van der Waals surface area contributed by atoms with Crippen molar-refractivity contribution in [1.82, 2.24) is 19.8 Å². The largest absolute Gasteiger partial charge is 0.352 e. The van der Waals surface area contributed by atoms with Crippen LogP contribution in [0.2, 0.25) is 0 Å². The maximum Gasteiger partial charge on any atom is 0.226 e. The third-order valence-electron chi connectivity index (χ3n) is 6.36. The highest BCUT2D eigenvalue weighted by Gasteiger charge is 2.41. The topological polar surface area (TPSA) is 62.2 Å². The number of anilines is 1. The SMILES string of the molecule is Cc1ccccc1-n1cccc1[C@H]1[C@@H](c2ccccn2)NC(=S)N1CCC(=O)Nc1ccc(F)cc1. The van der Waals surface area contributed by atoms with Crippen LogP contribution in [0.1, 0.15) is 35.5 Å². The van der Waals surface area contributed by atoms with Crippen molar-refractivity contribution in [3.05, 3.63) is 114 Å². The number of hydrogen-bond donors (Lipinski definition) is 2. The fourth-order valence-electron chi connectivity index (χ4n) is 4.63. The minimum absolute atomic E-state index is 0.168. The first-order valence-corrected chi connectivity index (χ1v) is 12.2. The number of hydrogen-bond acceptors (Lipinski definition) is 3. The number of carbonyl (C=O) groups excluding carboxylic acids is 1. The molecule has 5 rings (SSSR count). The summed E-state index contributed by atoms with van der Waals surface area (Å²) in [4.78, 5) is 19.4. The number of thiocarbonyl (C=S) groups is 1. The summed E-state index contributed by atoms with van der Waals surface area (Å²) >= 11 is 5.75. The molecular formula is C28H26FN5OS. The smallest absolute Gasteiger partial charge is 0.226 e. The molecule has 2 N–H and O–H groups in total. The van der Waals surface area contributed by atoms with E-state index in [0.29, 0.717) is 17.3 Å². The van der Waals surface area contributed by atoms with Gasteiger partial charge in [0.15, 0.2) is 5.11 Å². The van der Waals surface area contributed by atoms with Gasteiger partial charge >= 0.3 is 0 Å². The number of benzene rings is 2. The van der Waals surface area contributed by atoms with Crippen LogP contribution in [0.5, 0.6) is 0 Å². The van der Waals surface area contributed by atoms with Crippen LogP contribution in [-0.4, -0.2) is 32.0 Å². The molecule has 2 aromatic carbocycles. The van der Waals surface area contributed by atoms with Crippen molar-refractivity contribution in [3.63, 3.8) is 0 Å². The second-order valence-electron chi connectivity index (χ2n) is 8.71. The lowest BCUT2D eigenvalue weighted by Gasteiger charge is -2.29. The Labute approximate surface area is 214 Å². The average Bonchev–Trinajstić information content (AvgIpc) is 3.49. The molecule has 0 unspecified atom stereocenters. The third-order valence-corrected chi connectivity index (χ3v) is 6.72. The van der Waals surface area contributed by atoms with Crippen LogP contribution in [0, 0.1) is 12.7 Å². The van der Waals surface area contributed by atoms with Gasteiger partial charge in [0.25, 0.3) is 0 Å². The molecule has 0 radical (unpaired) electrons. The zero-order chi connectivity index (χ0) is 25.1. The van der Waals surface area contributed by atoms with Crippen molar-refractivity contribution in [3.8, 4) is 5.69 Å². The molecule has 4 aromatic rings. The number of pyridine rings is 1. The van der Waals surface area contributed by atoms with Crippen LogP contribution >= 0.6 is 12.2 Å². The standard InChI is InChI=1S/C28H26FN5OS/c1-19-7-2-3-9-23(19)33-17-6-10-24(33)27-26(22-8-4-5-16-30-22)32-28(36)34(27)18-15-25(35)31-21-13-11-20(29)12-14-21/h2-14,16-17,26-27H,15,18H2,1H3,(H,31,35)(H,32,36)/t26-,27+/m1/s1. The van der Waals surface area contributed by atoms with Crippen LogP contribution in [-0.2, 0) is 4.79 Å². The Bertz CT molecular complexity index is 1370. The third kappa shape index (κ3) is 4.85. The van der Waals surface area contributed by atoms with Crippen LogP contribution in [0.25, 0.3) is 5.69 Å². The average molecular weight is 500 g/mol. The maximum absolute atomic E-state index is 13.2. The zero-order valence-corrected chi connectivity index (χ0v) is 20.6. The molecule has 1 aliphatic rings. The number of carbonyl (C=O) groups is 1. The second kappa shape index (κ2) is 10.3. The summed E-state index contributed by atoms with van der Waals surface area (Å²) in [7, 11) is 0. The number of aromatic nitrogens is 2. The van der Waals surface area contributed by atoms with E-state index in [2.05, 4.69) is 50.2 Å². The summed E-state index contributed by atoms with van der Waals surface area (Å²) in [5.74, 6) is -0.514. The Morgan fingerprint density at radius 1 is 1.06 bits per heavy atom. The number of rotatable bonds is 7. The predicted octanol–water partition coefficient (Wildman–Crippen LogP) is 5.32. The first-order chi connectivity index (χ1) is 17.5. The Morgan fingerprint density at radius 3 is 2.58 bits per heavy atom. The molecule has 0 aliphatic carbocycles. The fourth-order valence-corrected chi connectivity index (χ4v) is 4.97. The van der Waals surface area contributed by atoms with Crippen molar-refractivity contribution in [2.75, 3.05) is 11.9 Å². The van der Waals surface area contributed by atoms with E-state index >= 15 is 0 Å². The number of nitrogens with one attached hydrogen (secondary N) is 2. The van der Waals surface area contributed by atoms with Gasteiger partial charge in [0.2, 0.25) is 5.91 Å². The van der Waals surface area contributed by atoms with Gasteiger partial charge in [0, 0.05) is 42.4 Å². The summed E-state index contributed by atoms with van der Waals surface area (Å²) in [5.41, 5.74) is 4.72. The van der Waals surface area contributed by atoms with Gasteiger partial charge in [0.1, 0.15) is 5.82 Å². The first kappa shape index (κ1) is 23.7. The van der Waals surface area contributed by atoms with E-state index in [-0.39, 0.29) is 30.2 Å². The number of aryl methyl sites for hydroxylation is 1. The van der Waals surface area contributed by atoms with Crippen LogP contribution in [0.4, 0.5) is 10.1 Å². The number of halogens is 1. The Balaban J connectivity index is 1.44. The van der Waals surface area contributed by atoms with E-state index in [9.17, 15) is 9.18 Å². The highest BCUT2D eigenvalue weighted by Crippen LogP contribution is 2.39. The lowest BCUT2D eigenvalue weighted by Crippen LogP contribution is -2.33. The second-order valence-corrected chi connectivity index (χ2v) is 9.10. The highest BCUT2D eigenvalue weighted by molar-refractivity contribution is 7.80. The molecule has 182 valence electrons. The summed E-state index contributed by atoms with van der Waals surface area (Å²) < 4.78 is 15.4. The van der Waals surface area contributed by atoms with Crippen molar-refractivity contribution in [2.24, 2.45) is 0 Å². The van der Waals surface area contributed by atoms with Gasteiger partial charge in [-0.15, -0.1) is 0 Å². The molecule has 36 heavy (non-hydrogen) atoms. The van der Waals surface area contributed by atoms with Gasteiger partial charge in [-0.3, -0.25) is 9.78 Å². The van der Waals surface area contributed by atoms with E-state index in [0.717, 1.165) is 22.6 Å². The van der Waals surface area contributed by atoms with Crippen molar-refractivity contribution < 1.29 is 9.18 Å². The minimum atomic E-state index is -0.346. The van der Waals surface area contributed by atoms with E-state index in [4.69, 9.17) is 12.2 Å². The van der Waals surface area contributed by atoms with Gasteiger partial charge < -0.3 is 20.1 Å². The minimum Gasteiger partial charge on any atom is -0.352 e. The normalized spacial score (nSPS) is 17.2. The summed E-state index contributed by atoms with van der Waals surface area (Å²) in [5, 5.41) is 6.84. The molecule has 1 fully saturated rings. The van der Waals surface area contributed by atoms with Crippen molar-refractivity contribution in [1.29, 1.82) is 0 Å². The van der Waals surface area contributed by atoms with Gasteiger partial charge in [-0.25, -0.2) is 4.39 Å². The lowest BCUT2D eigenvalue weighted by atomic mass is 10.0. The first-order valence-electron chi connectivity index (χ1n) is 11.8. The zero-order valence-electron chi connectivity index (χ0n) is 19.8. The monoisotopic (exact) mass is 499 g/mol. The number of nitrogens with zero attached hydrogens (tertiary/aromatic N) is 3. The molecule has 6 nitrogen and oxygen atoms in total. The molecule has 1 amide bonds. The van der Waals surface area contributed by atoms with E-state index in [1.807, 2.05) is 42.6 Å². The molecule has 0 saturated carbocycles. The Hall–Kier alpha value is -4.04. The van der Waals surface area contributed by atoms with Gasteiger partial charge in [-0.2, -0.15) is 0 Å². The van der Waals surface area contributed by atoms with E-state index < -0.39 is 0 Å². The highest BCUT2D eigenvalue weighted by atomic mass is 32.1. The Kier molecular flexibility index (Phi) is 6.77. The Morgan fingerprint density at radius 2 is 1.83 bits per heavy atom. The maximum atomic E-state index is 13.2. The summed E-state index contributed by atoms with van der Waals surface area (Å²) in [6, 6.07) is 23.6. The number of amides is 1.